The highest BCUT2D eigenvalue weighted by Gasteiger charge is 2.05. The molecule has 1 aromatic rings. The van der Waals surface area contributed by atoms with Gasteiger partial charge >= 0.3 is 0 Å². The predicted octanol–water partition coefficient (Wildman–Crippen LogP) is 2.96. The first-order valence-corrected chi connectivity index (χ1v) is 3.93. The van der Waals surface area contributed by atoms with Gasteiger partial charge in [0.25, 0.3) is 0 Å². The lowest BCUT2D eigenvalue weighted by Gasteiger charge is -2.02. The topological polar surface area (TPSA) is 0 Å². The minimum absolute atomic E-state index is 0.194. The summed E-state index contributed by atoms with van der Waals surface area (Å²) in [7, 11) is 0. The standard InChI is InChI=1S/C11H14/c1-2-6-10-8-4-5-9-11(10)7-3-1/h4-5,8-9H,1-3,6-7H2/i1D2,6D,7D. The van der Waals surface area contributed by atoms with Crippen molar-refractivity contribution in [3.8, 4) is 0 Å². The van der Waals surface area contributed by atoms with Crippen molar-refractivity contribution in [2.24, 2.45) is 0 Å². The van der Waals surface area contributed by atoms with E-state index in [1.807, 2.05) is 24.3 Å². The van der Waals surface area contributed by atoms with Gasteiger partial charge in [0.2, 0.25) is 0 Å². The summed E-state index contributed by atoms with van der Waals surface area (Å²) < 4.78 is 31.3. The monoisotopic (exact) mass is 150 g/mol. The third kappa shape index (κ3) is 1.45. The summed E-state index contributed by atoms with van der Waals surface area (Å²) in [5, 5.41) is 0. The molecular formula is C11H14. The molecule has 1 aromatic carbocycles. The summed E-state index contributed by atoms with van der Waals surface area (Å²) in [6.07, 6.45) is -2.07. The van der Waals surface area contributed by atoms with Crippen molar-refractivity contribution >= 4 is 0 Å². The Morgan fingerprint density at radius 2 is 1.55 bits per heavy atom. The molecule has 0 heteroatoms. The van der Waals surface area contributed by atoms with Crippen LogP contribution in [0.5, 0.6) is 0 Å². The van der Waals surface area contributed by atoms with E-state index in [-0.39, 0.29) is 12.8 Å². The molecule has 1 aliphatic carbocycles. The van der Waals surface area contributed by atoms with Crippen LogP contribution in [0.1, 0.15) is 35.8 Å². The van der Waals surface area contributed by atoms with Gasteiger partial charge in [0.05, 0.1) is 0 Å². The number of hydrogen-bond donors (Lipinski definition) is 0. The van der Waals surface area contributed by atoms with Crippen LogP contribution in [0.4, 0.5) is 0 Å². The smallest absolute Gasteiger partial charge is 0.0316 e. The van der Waals surface area contributed by atoms with E-state index in [4.69, 9.17) is 5.48 Å². The average molecular weight is 150 g/mol. The number of aryl methyl sites for hydroxylation is 2. The average Bonchev–Trinajstić information content (AvgIpc) is 2.23. The molecule has 0 fully saturated rings. The molecule has 0 saturated heterocycles. The lowest BCUT2D eigenvalue weighted by Crippen LogP contribution is -1.88. The van der Waals surface area contributed by atoms with Crippen LogP contribution in [-0.4, -0.2) is 0 Å². The van der Waals surface area contributed by atoms with Gasteiger partial charge in [-0.15, -0.1) is 0 Å². The summed E-state index contributed by atoms with van der Waals surface area (Å²) in [5.74, 6) is 0. The molecule has 0 bridgehead atoms. The third-order valence-electron chi connectivity index (χ3n) is 1.93. The van der Waals surface area contributed by atoms with E-state index in [9.17, 15) is 0 Å². The van der Waals surface area contributed by atoms with Crippen LogP contribution in [0.15, 0.2) is 24.3 Å². The van der Waals surface area contributed by atoms with Crippen LogP contribution in [-0.2, 0) is 12.8 Å². The molecule has 0 spiro atoms. The summed E-state index contributed by atoms with van der Waals surface area (Å²) in [5.41, 5.74) is 1.64. The second kappa shape index (κ2) is 3.08. The van der Waals surface area contributed by atoms with E-state index in [1.54, 1.807) is 0 Å². The minimum atomic E-state index is -1.39. The van der Waals surface area contributed by atoms with Crippen LogP contribution in [0.3, 0.4) is 0 Å². The fraction of sp³-hybridized carbons (Fsp3) is 0.455. The van der Waals surface area contributed by atoms with Gasteiger partial charge in [-0.05, 0) is 36.8 Å². The first-order chi connectivity index (χ1) is 6.99. The zero-order valence-corrected chi connectivity index (χ0v) is 6.38. The van der Waals surface area contributed by atoms with Crippen molar-refractivity contribution in [1.82, 2.24) is 0 Å². The van der Waals surface area contributed by atoms with E-state index < -0.39 is 19.2 Å². The second-order valence-corrected chi connectivity index (χ2v) is 2.70. The maximum absolute atomic E-state index is 7.92. The van der Waals surface area contributed by atoms with E-state index in [2.05, 4.69) is 0 Å². The number of hydrogen-bond acceptors (Lipinski definition) is 0. The van der Waals surface area contributed by atoms with Crippen LogP contribution in [0, 0.1) is 0 Å². The molecule has 2 atom stereocenters. The predicted molar refractivity (Wildman–Crippen MR) is 47.7 cm³/mol. The second-order valence-electron chi connectivity index (χ2n) is 2.70. The van der Waals surface area contributed by atoms with Gasteiger partial charge < -0.3 is 0 Å². The summed E-state index contributed by atoms with van der Waals surface area (Å²) in [6, 6.07) is 7.40. The molecule has 0 radical (unpaired) electrons. The number of rotatable bonds is 0. The normalized spacial score (nSPS) is 40.4. The summed E-state index contributed by atoms with van der Waals surface area (Å²) in [4.78, 5) is 0. The number of fused-ring (bicyclic) bond motifs is 1. The molecule has 0 amide bonds. The fourth-order valence-electron chi connectivity index (χ4n) is 1.33. The molecule has 1 aliphatic rings. The van der Waals surface area contributed by atoms with Crippen molar-refractivity contribution < 1.29 is 5.48 Å². The Morgan fingerprint density at radius 3 is 2.09 bits per heavy atom. The van der Waals surface area contributed by atoms with Crippen molar-refractivity contribution in [3.05, 3.63) is 35.4 Å². The Kier molecular flexibility index (Phi) is 1.05. The third-order valence-corrected chi connectivity index (χ3v) is 1.93. The Morgan fingerprint density at radius 1 is 1.00 bits per heavy atom. The lowest BCUT2D eigenvalue weighted by molar-refractivity contribution is 0.711. The van der Waals surface area contributed by atoms with Gasteiger partial charge in [-0.3, -0.25) is 0 Å². The Labute approximate surface area is 73.9 Å². The lowest BCUT2D eigenvalue weighted by atomic mass is 10.0. The molecule has 0 N–H and O–H groups in total. The Hall–Kier alpha value is -0.780. The van der Waals surface area contributed by atoms with Crippen molar-refractivity contribution in [1.29, 1.82) is 0 Å². The van der Waals surface area contributed by atoms with E-state index in [0.717, 1.165) is 11.1 Å². The van der Waals surface area contributed by atoms with Crippen LogP contribution < -0.4 is 0 Å². The van der Waals surface area contributed by atoms with Gasteiger partial charge in [0, 0.05) is 5.48 Å². The van der Waals surface area contributed by atoms with Crippen LogP contribution in [0.25, 0.3) is 0 Å². The van der Waals surface area contributed by atoms with E-state index >= 15 is 0 Å². The van der Waals surface area contributed by atoms with Gasteiger partial charge in [-0.25, -0.2) is 0 Å². The highest BCUT2D eigenvalue weighted by molar-refractivity contribution is 5.27. The van der Waals surface area contributed by atoms with E-state index in [0.29, 0.717) is 0 Å². The highest BCUT2D eigenvalue weighted by Crippen LogP contribution is 2.19. The molecule has 0 aromatic heterocycles. The van der Waals surface area contributed by atoms with Crippen LogP contribution in [0.2, 0.25) is 0 Å². The zero-order chi connectivity index (χ0) is 11.1. The van der Waals surface area contributed by atoms with Crippen molar-refractivity contribution in [3.63, 3.8) is 0 Å². The van der Waals surface area contributed by atoms with Gasteiger partial charge in [0.1, 0.15) is 0 Å². The Bertz CT molecular complexity index is 328. The molecule has 2 rings (SSSR count). The molecular weight excluding hydrogens is 132 g/mol. The Balaban J connectivity index is 2.45. The van der Waals surface area contributed by atoms with E-state index in [1.165, 1.54) is 0 Å². The first-order valence-electron chi connectivity index (χ1n) is 6.08. The molecule has 58 valence electrons. The maximum atomic E-state index is 7.92. The number of benzene rings is 1. The van der Waals surface area contributed by atoms with Crippen LogP contribution >= 0.6 is 0 Å². The minimum Gasteiger partial charge on any atom is -0.0620 e. The van der Waals surface area contributed by atoms with Gasteiger partial charge in [-0.2, -0.15) is 0 Å². The molecule has 0 saturated carbocycles. The molecule has 0 nitrogen and oxygen atoms in total. The largest absolute Gasteiger partial charge is 0.0620 e. The fourth-order valence-corrected chi connectivity index (χ4v) is 1.33. The first kappa shape index (κ1) is 3.75. The maximum Gasteiger partial charge on any atom is 0.0316 e. The molecule has 11 heavy (non-hydrogen) atoms. The molecule has 0 aliphatic heterocycles. The quantitative estimate of drug-likeness (QED) is 0.499. The molecule has 0 heterocycles. The van der Waals surface area contributed by atoms with Crippen molar-refractivity contribution in [2.45, 2.75) is 32.0 Å². The van der Waals surface area contributed by atoms with Gasteiger partial charge in [0.15, 0.2) is 0 Å². The SMILES string of the molecule is [2H]C1CC([2H])([2H])CC([2H])c2ccccc21. The van der Waals surface area contributed by atoms with Gasteiger partial charge in [-0.1, -0.05) is 30.6 Å². The molecule has 2 unspecified atom stereocenters. The zero-order valence-electron chi connectivity index (χ0n) is 10.4. The van der Waals surface area contributed by atoms with Crippen molar-refractivity contribution in [2.75, 3.05) is 0 Å². The highest BCUT2D eigenvalue weighted by atomic mass is 14.1. The summed E-state index contributed by atoms with van der Waals surface area (Å²) >= 11 is 0. The summed E-state index contributed by atoms with van der Waals surface area (Å²) in [6.45, 7) is 0.